The Balaban J connectivity index is 2.91. The Morgan fingerprint density at radius 1 is 1.20 bits per heavy atom. The number of benzene rings is 1. The van der Waals surface area contributed by atoms with Crippen LogP contribution in [-0.2, 0) is 4.79 Å². The van der Waals surface area contributed by atoms with Crippen LogP contribution in [0.4, 0.5) is 0 Å². The van der Waals surface area contributed by atoms with Crippen LogP contribution in [0.3, 0.4) is 0 Å². The lowest BCUT2D eigenvalue weighted by Crippen LogP contribution is -2.22. The van der Waals surface area contributed by atoms with Gasteiger partial charge in [-0.25, -0.2) is 0 Å². The van der Waals surface area contributed by atoms with Gasteiger partial charge in [-0.2, -0.15) is 0 Å². The maximum absolute atomic E-state index is 11.0. The Kier molecular flexibility index (Phi) is 4.61. The van der Waals surface area contributed by atoms with Crippen molar-refractivity contribution in [1.82, 2.24) is 4.90 Å². The van der Waals surface area contributed by atoms with Crippen LogP contribution in [0.15, 0.2) is 36.0 Å². The number of carbonyl (C=O) groups is 1. The fourth-order valence-corrected chi connectivity index (χ4v) is 1.51. The highest BCUT2D eigenvalue weighted by Gasteiger charge is 2.03. The van der Waals surface area contributed by atoms with Gasteiger partial charge in [0, 0.05) is 13.1 Å². The zero-order valence-corrected chi connectivity index (χ0v) is 9.31. The lowest BCUT2D eigenvalue weighted by Gasteiger charge is -2.20. The van der Waals surface area contributed by atoms with Crippen molar-refractivity contribution in [3.63, 3.8) is 0 Å². The Labute approximate surface area is 91.2 Å². The largest absolute Gasteiger partial charge is 0.369 e. The fourth-order valence-electron chi connectivity index (χ4n) is 1.51. The molecular formula is C13H17NO. The molecule has 0 aliphatic heterocycles. The van der Waals surface area contributed by atoms with Crippen LogP contribution >= 0.6 is 0 Å². The number of nitrogens with zero attached hydrogens (tertiary/aromatic N) is 1. The van der Waals surface area contributed by atoms with E-state index in [0.29, 0.717) is 0 Å². The minimum Gasteiger partial charge on any atom is -0.369 e. The van der Waals surface area contributed by atoms with Crippen molar-refractivity contribution in [3.05, 3.63) is 41.6 Å². The number of aldehydes is 1. The summed E-state index contributed by atoms with van der Waals surface area (Å²) >= 11 is 0. The number of hydrogen-bond acceptors (Lipinski definition) is 2. The SMILES string of the molecule is CCN(CC)C(C=O)=Cc1ccccc1. The number of likely N-dealkylation sites (N-methyl/N-ethyl adjacent to an activating group) is 1. The molecule has 0 N–H and O–H groups in total. The molecule has 0 bridgehead atoms. The summed E-state index contributed by atoms with van der Waals surface area (Å²) in [6.07, 6.45) is 2.83. The first kappa shape index (κ1) is 11.5. The zero-order chi connectivity index (χ0) is 11.1. The summed E-state index contributed by atoms with van der Waals surface area (Å²) in [5.41, 5.74) is 1.80. The lowest BCUT2D eigenvalue weighted by molar-refractivity contribution is -0.106. The van der Waals surface area contributed by atoms with Gasteiger partial charge in [-0.3, -0.25) is 4.79 Å². The highest BCUT2D eigenvalue weighted by atomic mass is 16.1. The van der Waals surface area contributed by atoms with Crippen LogP contribution in [0.2, 0.25) is 0 Å². The molecule has 0 atom stereocenters. The molecule has 0 saturated heterocycles. The normalized spacial score (nSPS) is 11.2. The van der Waals surface area contributed by atoms with Gasteiger partial charge in [0.05, 0.1) is 5.70 Å². The summed E-state index contributed by atoms with van der Waals surface area (Å²) in [6.45, 7) is 5.81. The highest BCUT2D eigenvalue weighted by Crippen LogP contribution is 2.08. The van der Waals surface area contributed by atoms with Crippen molar-refractivity contribution < 1.29 is 4.79 Å². The summed E-state index contributed by atoms with van der Waals surface area (Å²) in [5, 5.41) is 0. The third-order valence-electron chi connectivity index (χ3n) is 2.36. The molecule has 0 aromatic heterocycles. The maximum atomic E-state index is 11.0. The number of carbonyl (C=O) groups excluding carboxylic acids is 1. The Hall–Kier alpha value is -1.57. The van der Waals surface area contributed by atoms with Gasteiger partial charge in [0.15, 0.2) is 6.29 Å². The molecule has 0 spiro atoms. The average Bonchev–Trinajstić information content (AvgIpc) is 2.30. The van der Waals surface area contributed by atoms with Gasteiger partial charge in [-0.15, -0.1) is 0 Å². The Morgan fingerprint density at radius 2 is 1.80 bits per heavy atom. The van der Waals surface area contributed by atoms with E-state index in [2.05, 4.69) is 0 Å². The number of allylic oxidation sites excluding steroid dienone is 1. The molecule has 0 unspecified atom stereocenters. The third-order valence-corrected chi connectivity index (χ3v) is 2.36. The molecule has 1 aromatic rings. The van der Waals surface area contributed by atoms with E-state index in [4.69, 9.17) is 0 Å². The first-order chi connectivity index (χ1) is 7.31. The third kappa shape index (κ3) is 3.24. The van der Waals surface area contributed by atoms with Crippen LogP contribution in [0.5, 0.6) is 0 Å². The van der Waals surface area contributed by atoms with Crippen molar-refractivity contribution in [2.75, 3.05) is 13.1 Å². The first-order valence-corrected chi connectivity index (χ1v) is 5.28. The van der Waals surface area contributed by atoms with E-state index < -0.39 is 0 Å². The van der Waals surface area contributed by atoms with Crippen LogP contribution in [0, 0.1) is 0 Å². The van der Waals surface area contributed by atoms with Crippen molar-refractivity contribution in [3.8, 4) is 0 Å². The van der Waals surface area contributed by atoms with Crippen molar-refractivity contribution >= 4 is 12.4 Å². The summed E-state index contributed by atoms with van der Waals surface area (Å²) < 4.78 is 0. The molecule has 1 aromatic carbocycles. The molecule has 0 heterocycles. The zero-order valence-electron chi connectivity index (χ0n) is 9.31. The van der Waals surface area contributed by atoms with Gasteiger partial charge in [0.2, 0.25) is 0 Å². The smallest absolute Gasteiger partial charge is 0.166 e. The predicted octanol–water partition coefficient (Wildman–Crippen LogP) is 2.57. The van der Waals surface area contributed by atoms with E-state index >= 15 is 0 Å². The second-order valence-corrected chi connectivity index (χ2v) is 3.27. The van der Waals surface area contributed by atoms with Gasteiger partial charge in [0.1, 0.15) is 0 Å². The minimum absolute atomic E-state index is 0.742. The van der Waals surface area contributed by atoms with Gasteiger partial charge in [-0.05, 0) is 25.5 Å². The van der Waals surface area contributed by atoms with Crippen LogP contribution in [0.1, 0.15) is 19.4 Å². The van der Waals surface area contributed by atoms with Gasteiger partial charge >= 0.3 is 0 Å². The average molecular weight is 203 g/mol. The predicted molar refractivity (Wildman–Crippen MR) is 63.4 cm³/mol. The van der Waals surface area contributed by atoms with E-state index in [1.165, 1.54) is 0 Å². The summed E-state index contributed by atoms with van der Waals surface area (Å²) in [6, 6.07) is 9.89. The highest BCUT2D eigenvalue weighted by molar-refractivity contribution is 5.80. The molecule has 2 nitrogen and oxygen atoms in total. The topological polar surface area (TPSA) is 20.3 Å². The molecule has 80 valence electrons. The Morgan fingerprint density at radius 3 is 2.27 bits per heavy atom. The molecule has 0 amide bonds. The molecule has 2 heteroatoms. The van der Waals surface area contributed by atoms with Crippen molar-refractivity contribution in [2.24, 2.45) is 0 Å². The lowest BCUT2D eigenvalue weighted by atomic mass is 10.2. The number of rotatable bonds is 5. The van der Waals surface area contributed by atoms with E-state index in [1.807, 2.05) is 55.2 Å². The molecule has 15 heavy (non-hydrogen) atoms. The monoisotopic (exact) mass is 203 g/mol. The number of hydrogen-bond donors (Lipinski definition) is 0. The maximum Gasteiger partial charge on any atom is 0.166 e. The molecule has 0 aliphatic rings. The molecular weight excluding hydrogens is 186 g/mol. The second-order valence-electron chi connectivity index (χ2n) is 3.27. The van der Waals surface area contributed by atoms with Gasteiger partial charge in [-0.1, -0.05) is 30.3 Å². The molecule has 1 rings (SSSR count). The van der Waals surface area contributed by atoms with E-state index in [9.17, 15) is 4.79 Å². The van der Waals surface area contributed by atoms with Crippen molar-refractivity contribution in [2.45, 2.75) is 13.8 Å². The molecule has 0 radical (unpaired) electrons. The van der Waals surface area contributed by atoms with E-state index in [0.717, 1.165) is 30.6 Å². The van der Waals surface area contributed by atoms with Crippen molar-refractivity contribution in [1.29, 1.82) is 0 Å². The van der Waals surface area contributed by atoms with Crippen LogP contribution in [-0.4, -0.2) is 24.3 Å². The summed E-state index contributed by atoms with van der Waals surface area (Å²) in [7, 11) is 0. The molecule has 0 saturated carbocycles. The summed E-state index contributed by atoms with van der Waals surface area (Å²) in [5.74, 6) is 0. The minimum atomic E-state index is 0.742. The van der Waals surface area contributed by atoms with Crippen LogP contribution in [0.25, 0.3) is 6.08 Å². The van der Waals surface area contributed by atoms with Gasteiger partial charge in [0.25, 0.3) is 0 Å². The second kappa shape index (κ2) is 6.02. The fraction of sp³-hybridized carbons (Fsp3) is 0.308. The standard InChI is InChI=1S/C13H17NO/c1-3-14(4-2)13(11-15)10-12-8-6-5-7-9-12/h5-11H,3-4H2,1-2H3. The quantitative estimate of drug-likeness (QED) is 0.541. The van der Waals surface area contributed by atoms with E-state index in [-0.39, 0.29) is 0 Å². The van der Waals surface area contributed by atoms with Crippen LogP contribution < -0.4 is 0 Å². The first-order valence-electron chi connectivity index (χ1n) is 5.28. The summed E-state index contributed by atoms with van der Waals surface area (Å²) in [4.78, 5) is 13.0. The molecule has 0 fully saturated rings. The van der Waals surface area contributed by atoms with E-state index in [1.54, 1.807) is 0 Å². The Bertz CT molecular complexity index is 326. The van der Waals surface area contributed by atoms with Gasteiger partial charge < -0.3 is 4.90 Å². The molecule has 0 aliphatic carbocycles.